The molecule has 0 heterocycles. The second-order valence-corrected chi connectivity index (χ2v) is 5.77. The molecule has 0 aliphatic rings. The summed E-state index contributed by atoms with van der Waals surface area (Å²) in [5, 5.41) is 2.70. The van der Waals surface area contributed by atoms with Crippen molar-refractivity contribution in [1.29, 1.82) is 0 Å². The normalized spacial score (nSPS) is 11.1. The molecule has 1 aromatic carbocycles. The van der Waals surface area contributed by atoms with Crippen LogP contribution in [0.3, 0.4) is 0 Å². The van der Waals surface area contributed by atoms with E-state index in [-0.39, 0.29) is 0 Å². The lowest BCUT2D eigenvalue weighted by Crippen LogP contribution is -2.27. The van der Waals surface area contributed by atoms with E-state index in [0.717, 1.165) is 10.0 Å². The number of thiol groups is 1. The standard InChI is InChI=1S/C12H16BrNO2S/c1-12(2,3)16-11(15)14-10-6-8(7-17)4-5-9(10)13/h4-6,17H,7H2,1-3H3,(H,14,15). The molecule has 0 saturated heterocycles. The Bertz CT molecular complexity index is 415. The fraction of sp³-hybridized carbons (Fsp3) is 0.417. The minimum atomic E-state index is -0.502. The third kappa shape index (κ3) is 5.00. The summed E-state index contributed by atoms with van der Waals surface area (Å²) in [6, 6.07) is 5.68. The van der Waals surface area contributed by atoms with Crippen LogP contribution in [0.5, 0.6) is 0 Å². The Hall–Kier alpha value is -0.680. The van der Waals surface area contributed by atoms with Gasteiger partial charge in [-0.2, -0.15) is 12.6 Å². The molecule has 0 radical (unpaired) electrons. The lowest BCUT2D eigenvalue weighted by Gasteiger charge is -2.20. The van der Waals surface area contributed by atoms with Crippen molar-refractivity contribution in [3.8, 4) is 0 Å². The highest BCUT2D eigenvalue weighted by Crippen LogP contribution is 2.25. The van der Waals surface area contributed by atoms with Gasteiger partial charge in [-0.05, 0) is 54.4 Å². The van der Waals surface area contributed by atoms with E-state index in [1.54, 1.807) is 0 Å². The number of carbonyl (C=O) groups excluding carboxylic acids is 1. The fourth-order valence-electron chi connectivity index (χ4n) is 1.18. The number of halogens is 1. The Morgan fingerprint density at radius 2 is 2.12 bits per heavy atom. The number of amides is 1. The highest BCUT2D eigenvalue weighted by atomic mass is 79.9. The molecular weight excluding hydrogens is 302 g/mol. The first-order valence-corrected chi connectivity index (χ1v) is 6.63. The molecule has 0 aliphatic carbocycles. The Kier molecular flexibility index (Phi) is 4.89. The monoisotopic (exact) mass is 317 g/mol. The van der Waals surface area contributed by atoms with E-state index in [4.69, 9.17) is 4.74 Å². The van der Waals surface area contributed by atoms with Crippen molar-refractivity contribution in [2.24, 2.45) is 0 Å². The molecular formula is C12H16BrNO2S. The predicted molar refractivity (Wildman–Crippen MR) is 76.7 cm³/mol. The van der Waals surface area contributed by atoms with Gasteiger partial charge in [-0.25, -0.2) is 4.79 Å². The van der Waals surface area contributed by atoms with Gasteiger partial charge in [0.05, 0.1) is 5.69 Å². The molecule has 0 aromatic heterocycles. The van der Waals surface area contributed by atoms with Gasteiger partial charge < -0.3 is 4.74 Å². The van der Waals surface area contributed by atoms with Crippen molar-refractivity contribution in [2.75, 3.05) is 5.32 Å². The summed E-state index contributed by atoms with van der Waals surface area (Å²) in [7, 11) is 0. The number of rotatable bonds is 2. The van der Waals surface area contributed by atoms with Crippen molar-refractivity contribution < 1.29 is 9.53 Å². The number of hydrogen-bond donors (Lipinski definition) is 2. The van der Waals surface area contributed by atoms with E-state index >= 15 is 0 Å². The molecule has 0 saturated carbocycles. The predicted octanol–water partition coefficient (Wildman–Crippen LogP) is 4.23. The van der Waals surface area contributed by atoms with Crippen LogP contribution >= 0.6 is 28.6 Å². The molecule has 0 spiro atoms. The number of nitrogens with one attached hydrogen (secondary N) is 1. The smallest absolute Gasteiger partial charge is 0.412 e. The molecule has 0 aliphatic heterocycles. The Morgan fingerprint density at radius 3 is 2.65 bits per heavy atom. The van der Waals surface area contributed by atoms with Crippen LogP contribution in [0.25, 0.3) is 0 Å². The van der Waals surface area contributed by atoms with Crippen molar-refractivity contribution in [1.82, 2.24) is 0 Å². The van der Waals surface area contributed by atoms with Gasteiger partial charge in [0.25, 0.3) is 0 Å². The third-order valence-corrected chi connectivity index (χ3v) is 2.91. The van der Waals surface area contributed by atoms with Crippen LogP contribution in [0.4, 0.5) is 10.5 Å². The van der Waals surface area contributed by atoms with E-state index in [1.165, 1.54) is 0 Å². The Labute approximate surface area is 115 Å². The van der Waals surface area contributed by atoms with E-state index < -0.39 is 11.7 Å². The fourth-order valence-corrected chi connectivity index (χ4v) is 1.72. The minimum Gasteiger partial charge on any atom is -0.444 e. The summed E-state index contributed by atoms with van der Waals surface area (Å²) < 4.78 is 5.99. The van der Waals surface area contributed by atoms with E-state index in [9.17, 15) is 4.79 Å². The first-order valence-electron chi connectivity index (χ1n) is 5.21. The van der Waals surface area contributed by atoms with Gasteiger partial charge in [-0.15, -0.1) is 0 Å². The first kappa shape index (κ1) is 14.4. The van der Waals surface area contributed by atoms with Crippen LogP contribution in [0, 0.1) is 0 Å². The summed E-state index contributed by atoms with van der Waals surface area (Å²) in [5.74, 6) is 0.621. The molecule has 1 N–H and O–H groups in total. The van der Waals surface area contributed by atoms with Gasteiger partial charge in [0.1, 0.15) is 5.60 Å². The van der Waals surface area contributed by atoms with Crippen LogP contribution < -0.4 is 5.32 Å². The molecule has 0 atom stereocenters. The molecule has 0 bridgehead atoms. The zero-order chi connectivity index (χ0) is 13.1. The average molecular weight is 318 g/mol. The second-order valence-electron chi connectivity index (χ2n) is 4.60. The number of carbonyl (C=O) groups is 1. The van der Waals surface area contributed by atoms with Crippen LogP contribution in [0.1, 0.15) is 26.3 Å². The molecule has 17 heavy (non-hydrogen) atoms. The molecule has 1 rings (SSSR count). The number of ether oxygens (including phenoxy) is 1. The zero-order valence-corrected chi connectivity index (χ0v) is 12.6. The number of benzene rings is 1. The zero-order valence-electron chi connectivity index (χ0n) is 10.1. The molecule has 3 nitrogen and oxygen atoms in total. The lowest BCUT2D eigenvalue weighted by atomic mass is 10.2. The first-order chi connectivity index (χ1) is 7.81. The topological polar surface area (TPSA) is 38.3 Å². The number of anilines is 1. The summed E-state index contributed by atoms with van der Waals surface area (Å²) in [4.78, 5) is 11.6. The largest absolute Gasteiger partial charge is 0.444 e. The SMILES string of the molecule is CC(C)(C)OC(=O)Nc1cc(CS)ccc1Br. The van der Waals surface area contributed by atoms with Crippen molar-refractivity contribution in [2.45, 2.75) is 32.1 Å². The second kappa shape index (κ2) is 5.78. The van der Waals surface area contributed by atoms with E-state index in [2.05, 4.69) is 33.9 Å². The molecule has 1 aromatic rings. The van der Waals surface area contributed by atoms with Crippen LogP contribution in [0.15, 0.2) is 22.7 Å². The Balaban J connectivity index is 2.77. The van der Waals surface area contributed by atoms with Crippen LogP contribution in [-0.4, -0.2) is 11.7 Å². The average Bonchev–Trinajstić information content (AvgIpc) is 2.18. The van der Waals surface area contributed by atoms with Gasteiger partial charge >= 0.3 is 6.09 Å². The van der Waals surface area contributed by atoms with Gasteiger partial charge in [0.2, 0.25) is 0 Å². The van der Waals surface area contributed by atoms with Gasteiger partial charge in [-0.1, -0.05) is 6.07 Å². The van der Waals surface area contributed by atoms with Crippen molar-refractivity contribution in [3.63, 3.8) is 0 Å². The Morgan fingerprint density at radius 1 is 1.47 bits per heavy atom. The maximum Gasteiger partial charge on any atom is 0.412 e. The molecule has 1 amide bonds. The quantitative estimate of drug-likeness (QED) is 0.801. The van der Waals surface area contributed by atoms with E-state index in [0.29, 0.717) is 11.4 Å². The van der Waals surface area contributed by atoms with Crippen molar-refractivity contribution in [3.05, 3.63) is 28.2 Å². The van der Waals surface area contributed by atoms with Gasteiger partial charge in [0.15, 0.2) is 0 Å². The van der Waals surface area contributed by atoms with Crippen LogP contribution in [-0.2, 0) is 10.5 Å². The van der Waals surface area contributed by atoms with Crippen molar-refractivity contribution >= 4 is 40.3 Å². The van der Waals surface area contributed by atoms with Crippen LogP contribution in [0.2, 0.25) is 0 Å². The molecule has 0 fully saturated rings. The lowest BCUT2D eigenvalue weighted by molar-refractivity contribution is 0.0636. The maximum atomic E-state index is 11.6. The maximum absolute atomic E-state index is 11.6. The summed E-state index contributed by atoms with van der Waals surface area (Å²) in [5.41, 5.74) is 1.21. The summed E-state index contributed by atoms with van der Waals surface area (Å²) >= 11 is 7.56. The third-order valence-electron chi connectivity index (χ3n) is 1.85. The molecule has 5 heteroatoms. The highest BCUT2D eigenvalue weighted by Gasteiger charge is 2.16. The van der Waals surface area contributed by atoms with E-state index in [1.807, 2.05) is 39.0 Å². The minimum absolute atomic E-state index is 0.463. The number of hydrogen-bond acceptors (Lipinski definition) is 3. The van der Waals surface area contributed by atoms with Gasteiger partial charge in [0, 0.05) is 10.2 Å². The van der Waals surface area contributed by atoms with Gasteiger partial charge in [-0.3, -0.25) is 5.32 Å². The summed E-state index contributed by atoms with van der Waals surface area (Å²) in [6.07, 6.45) is -0.463. The summed E-state index contributed by atoms with van der Waals surface area (Å²) in [6.45, 7) is 5.48. The molecule has 94 valence electrons. The molecule has 0 unspecified atom stereocenters. The highest BCUT2D eigenvalue weighted by molar-refractivity contribution is 9.10.